The topological polar surface area (TPSA) is 132 Å². The van der Waals surface area contributed by atoms with E-state index in [0.29, 0.717) is 22.3 Å². The maximum Gasteiger partial charge on any atom is 0.335 e. The Morgan fingerprint density at radius 1 is 1.03 bits per heavy atom. The number of halogens is 1. The van der Waals surface area contributed by atoms with Crippen molar-refractivity contribution in [1.29, 1.82) is 0 Å². The van der Waals surface area contributed by atoms with E-state index in [4.69, 9.17) is 16.3 Å². The van der Waals surface area contributed by atoms with Crippen LogP contribution in [0, 0.1) is 5.41 Å². The minimum atomic E-state index is -1.35. The lowest BCUT2D eigenvalue weighted by atomic mass is 10.1. The van der Waals surface area contributed by atoms with Gasteiger partial charge in [0, 0.05) is 17.3 Å². The Kier molecular flexibility index (Phi) is 6.33. The van der Waals surface area contributed by atoms with Crippen LogP contribution in [0.3, 0.4) is 0 Å². The van der Waals surface area contributed by atoms with E-state index in [1.165, 1.54) is 16.7 Å². The van der Waals surface area contributed by atoms with Gasteiger partial charge in [0.2, 0.25) is 11.5 Å². The van der Waals surface area contributed by atoms with E-state index in [9.17, 15) is 19.5 Å². The summed E-state index contributed by atoms with van der Waals surface area (Å²) in [5, 5.41) is 10.0. The molecule has 0 amide bonds. The Bertz CT molecular complexity index is 1660. The summed E-state index contributed by atoms with van der Waals surface area (Å²) in [6.07, 6.45) is 4.50. The third kappa shape index (κ3) is 5.29. The lowest BCUT2D eigenvalue weighted by molar-refractivity contribution is -0.142. The highest BCUT2D eigenvalue weighted by Gasteiger charge is 2.43. The number of carboxylic acids is 1. The van der Waals surface area contributed by atoms with Crippen molar-refractivity contribution in [1.82, 2.24) is 19.1 Å². The quantitative estimate of drug-likeness (QED) is 0.345. The molecule has 2 aromatic heterocycles. The Morgan fingerprint density at radius 2 is 1.76 bits per heavy atom. The summed E-state index contributed by atoms with van der Waals surface area (Å²) in [5.41, 5.74) is -1.61. The standard InChI is InChI=1S/C26H20ClN5O5/c27-18-6-4-17(5-7-18)15-31-23(30-24(35)32(25(31)36)16-26(12-13-26)22(33)34)29-19-8-10-20(11-9-19)37-21-3-1-2-14-28-21/h1-14H,15-16H2,(H,33,34)(H,29,30,35). The number of hydrogen-bond acceptors (Lipinski definition) is 6. The number of nitrogens with zero attached hydrogens (tertiary/aromatic N) is 4. The number of carboxylic acid groups (broad SMARTS) is 1. The fourth-order valence-corrected chi connectivity index (χ4v) is 3.74. The molecule has 1 aliphatic rings. The van der Waals surface area contributed by atoms with Gasteiger partial charge < -0.3 is 9.84 Å². The second kappa shape index (κ2) is 9.75. The molecule has 0 bridgehead atoms. The van der Waals surface area contributed by atoms with Crippen LogP contribution in [0.2, 0.25) is 5.02 Å². The van der Waals surface area contributed by atoms with Gasteiger partial charge in [-0.3, -0.25) is 14.3 Å². The summed E-state index contributed by atoms with van der Waals surface area (Å²) in [6, 6.07) is 18.9. The highest BCUT2D eigenvalue weighted by atomic mass is 35.5. The van der Waals surface area contributed by atoms with Crippen LogP contribution >= 0.6 is 11.6 Å². The molecular weight excluding hydrogens is 498 g/mol. The smallest absolute Gasteiger partial charge is 0.335 e. The fraction of sp³-hybridized carbons (Fsp3) is 0.115. The molecule has 37 heavy (non-hydrogen) atoms. The Morgan fingerprint density at radius 3 is 2.38 bits per heavy atom. The number of rotatable bonds is 8. The van der Waals surface area contributed by atoms with Gasteiger partial charge in [0.15, 0.2) is 0 Å². The average molecular weight is 518 g/mol. The van der Waals surface area contributed by atoms with Crippen LogP contribution in [0.5, 0.6) is 11.6 Å². The van der Waals surface area contributed by atoms with Gasteiger partial charge in [-0.25, -0.2) is 24.1 Å². The molecule has 0 fully saturated rings. The number of aromatic amines is 1. The molecule has 186 valence electrons. The van der Waals surface area contributed by atoms with Crippen LogP contribution in [0.15, 0.2) is 99.7 Å². The maximum absolute atomic E-state index is 13.4. The molecule has 10 nitrogen and oxygen atoms in total. The number of pyridine rings is 1. The van der Waals surface area contributed by atoms with Crippen molar-refractivity contribution in [2.45, 2.75) is 13.1 Å². The second-order valence-corrected chi connectivity index (χ2v) is 8.83. The zero-order valence-electron chi connectivity index (χ0n) is 19.2. The largest absolute Gasteiger partial charge is 0.480 e. The molecule has 0 radical (unpaired) electrons. The first-order valence-corrected chi connectivity index (χ1v) is 11.6. The number of H-pyrrole nitrogens is 1. The number of carbonyl (C=O) groups is 1. The summed E-state index contributed by atoms with van der Waals surface area (Å²) in [4.78, 5) is 49.1. The molecule has 5 rings (SSSR count). The molecule has 0 aliphatic heterocycles. The molecule has 0 saturated heterocycles. The Labute approximate surface area is 214 Å². The van der Waals surface area contributed by atoms with Gasteiger partial charge in [0.05, 0.1) is 18.8 Å². The third-order valence-electron chi connectivity index (χ3n) is 5.75. The molecule has 11 heteroatoms. The van der Waals surface area contributed by atoms with Crippen LogP contribution in [-0.4, -0.2) is 30.2 Å². The molecule has 0 saturated carbocycles. The summed E-state index contributed by atoms with van der Waals surface area (Å²) in [5.74, 6) is -0.165. The monoisotopic (exact) mass is 517 g/mol. The summed E-state index contributed by atoms with van der Waals surface area (Å²) >= 11 is 5.99. The van der Waals surface area contributed by atoms with Crippen molar-refractivity contribution in [3.05, 3.63) is 122 Å². The zero-order chi connectivity index (χ0) is 26.0. The van der Waals surface area contributed by atoms with Crippen molar-refractivity contribution < 1.29 is 14.6 Å². The molecule has 2 aromatic carbocycles. The van der Waals surface area contributed by atoms with Gasteiger partial charge in [-0.05, 0) is 48.0 Å². The second-order valence-electron chi connectivity index (χ2n) is 8.39. The van der Waals surface area contributed by atoms with E-state index in [0.717, 1.165) is 10.1 Å². The molecule has 4 aromatic rings. The lowest BCUT2D eigenvalue weighted by Gasteiger charge is -2.14. The van der Waals surface area contributed by atoms with Crippen molar-refractivity contribution >= 4 is 23.3 Å². The maximum atomic E-state index is 13.4. The third-order valence-corrected chi connectivity index (χ3v) is 6.01. The average Bonchev–Trinajstić information content (AvgIpc) is 3.68. The first-order chi connectivity index (χ1) is 17.8. The van der Waals surface area contributed by atoms with Crippen molar-refractivity contribution in [3.8, 4) is 11.6 Å². The van der Waals surface area contributed by atoms with Crippen molar-refractivity contribution in [2.24, 2.45) is 10.4 Å². The van der Waals surface area contributed by atoms with E-state index in [1.807, 2.05) is 6.07 Å². The van der Waals surface area contributed by atoms with E-state index in [2.05, 4.69) is 15.0 Å². The van der Waals surface area contributed by atoms with Crippen LogP contribution in [-0.2, 0) is 17.9 Å². The predicted molar refractivity (Wildman–Crippen MR) is 135 cm³/mol. The van der Waals surface area contributed by atoms with Gasteiger partial charge >= 0.3 is 17.3 Å². The first-order valence-electron chi connectivity index (χ1n) is 11.2. The number of ether oxygens (including phenoxy) is 1. The van der Waals surface area contributed by atoms with Crippen LogP contribution in [0.25, 0.3) is 0 Å². The molecule has 2 heterocycles. The molecule has 0 unspecified atom stereocenters. The number of benzene rings is 2. The molecule has 2 N–H and O–H groups in total. The minimum absolute atomic E-state index is 0.00715. The Balaban J connectivity index is 1.54. The van der Waals surface area contributed by atoms with Gasteiger partial charge in [-0.15, -0.1) is 0 Å². The van der Waals surface area contributed by atoms with Gasteiger partial charge in [0.25, 0.3) is 0 Å². The van der Waals surface area contributed by atoms with Crippen LogP contribution in [0.1, 0.15) is 5.56 Å². The highest BCUT2D eigenvalue weighted by Crippen LogP contribution is 2.35. The van der Waals surface area contributed by atoms with Crippen molar-refractivity contribution in [3.63, 3.8) is 0 Å². The molecule has 0 atom stereocenters. The van der Waals surface area contributed by atoms with E-state index < -0.39 is 22.8 Å². The van der Waals surface area contributed by atoms with E-state index in [1.54, 1.807) is 66.9 Å². The van der Waals surface area contributed by atoms with Crippen LogP contribution in [0.4, 0.5) is 5.69 Å². The Hall–Kier alpha value is -4.70. The lowest BCUT2D eigenvalue weighted by Crippen LogP contribution is -2.51. The summed E-state index contributed by atoms with van der Waals surface area (Å²) in [7, 11) is 0. The van der Waals surface area contributed by atoms with Crippen LogP contribution < -0.4 is 21.7 Å². The summed E-state index contributed by atoms with van der Waals surface area (Å²) in [6.45, 7) is -0.253. The predicted octanol–water partition coefficient (Wildman–Crippen LogP) is 3.10. The van der Waals surface area contributed by atoms with Gasteiger partial charge in [-0.1, -0.05) is 42.0 Å². The number of nitrogens with one attached hydrogen (secondary N) is 1. The first kappa shape index (κ1) is 24.0. The van der Waals surface area contributed by atoms with Gasteiger partial charge in [0.1, 0.15) is 11.2 Å². The normalized spacial score (nSPS) is 13.9. The minimum Gasteiger partial charge on any atom is -0.480 e. The van der Waals surface area contributed by atoms with E-state index in [-0.39, 0.29) is 18.7 Å². The van der Waals surface area contributed by atoms with Gasteiger partial charge in [-0.2, -0.15) is 0 Å². The summed E-state index contributed by atoms with van der Waals surface area (Å²) < 4.78 is 7.83. The number of aliphatic carboxylic acids is 1. The van der Waals surface area contributed by atoms with E-state index >= 15 is 0 Å². The molecular formula is C26H20ClN5O5. The fourth-order valence-electron chi connectivity index (χ4n) is 3.61. The van der Waals surface area contributed by atoms with Crippen molar-refractivity contribution in [2.75, 3.05) is 0 Å². The number of aromatic nitrogens is 4. The SMILES string of the molecule is O=C(O)C1(Cn2c(=O)[nH]/c(=N\c3ccc(Oc4ccccn4)cc3)n(Cc3ccc(Cl)cc3)c2=O)C=C1. The molecule has 0 spiro atoms. The highest BCUT2D eigenvalue weighted by molar-refractivity contribution is 6.30. The molecule has 1 aliphatic carbocycles. The zero-order valence-corrected chi connectivity index (χ0v) is 20.0. The number of hydrogen-bond donors (Lipinski definition) is 2.